The molecule has 0 radical (unpaired) electrons. The van der Waals surface area contributed by atoms with Gasteiger partial charge in [-0.2, -0.15) is 10.1 Å². The Morgan fingerprint density at radius 2 is 2.17 bits per heavy atom. The maximum Gasteiger partial charge on any atom is 0.242 e. The highest BCUT2D eigenvalue weighted by molar-refractivity contribution is 5.59. The van der Waals surface area contributed by atoms with Gasteiger partial charge in [0.2, 0.25) is 5.88 Å². The van der Waals surface area contributed by atoms with Gasteiger partial charge in [-0.15, -0.1) is 0 Å². The zero-order chi connectivity index (χ0) is 13.1. The van der Waals surface area contributed by atoms with E-state index in [-0.39, 0.29) is 0 Å². The van der Waals surface area contributed by atoms with Crippen molar-refractivity contribution in [1.29, 1.82) is 0 Å². The lowest BCUT2D eigenvalue weighted by molar-refractivity contribution is 0.328. The van der Waals surface area contributed by atoms with E-state index in [0.717, 1.165) is 5.69 Å². The molecule has 18 heavy (non-hydrogen) atoms. The number of hydrogen-bond donors (Lipinski definition) is 1. The van der Waals surface area contributed by atoms with Crippen LogP contribution >= 0.6 is 0 Å². The number of aromatic nitrogens is 4. The molecular weight excluding hydrogens is 230 g/mol. The van der Waals surface area contributed by atoms with E-state index < -0.39 is 0 Å². The normalized spacial score (nSPS) is 10.9. The van der Waals surface area contributed by atoms with E-state index in [0.29, 0.717) is 29.9 Å². The quantitative estimate of drug-likeness (QED) is 0.890. The predicted octanol–water partition coefficient (Wildman–Crippen LogP) is 1.77. The van der Waals surface area contributed by atoms with Gasteiger partial charge in [0, 0.05) is 6.20 Å². The molecule has 0 aliphatic carbocycles. The van der Waals surface area contributed by atoms with E-state index in [1.165, 1.54) is 6.33 Å². The van der Waals surface area contributed by atoms with Crippen LogP contribution in [0.25, 0.3) is 5.82 Å². The Balaban J connectivity index is 2.40. The van der Waals surface area contributed by atoms with Crippen molar-refractivity contribution in [2.75, 3.05) is 12.3 Å². The van der Waals surface area contributed by atoms with Gasteiger partial charge in [-0.1, -0.05) is 13.8 Å². The summed E-state index contributed by atoms with van der Waals surface area (Å²) in [5, 5.41) is 4.43. The molecule has 2 N–H and O–H groups in total. The summed E-state index contributed by atoms with van der Waals surface area (Å²) in [5.41, 5.74) is 7.37. The van der Waals surface area contributed by atoms with E-state index in [1.807, 2.05) is 19.2 Å². The van der Waals surface area contributed by atoms with Gasteiger partial charge in [0.05, 0.1) is 12.3 Å². The van der Waals surface area contributed by atoms with E-state index in [2.05, 4.69) is 28.9 Å². The van der Waals surface area contributed by atoms with Crippen LogP contribution in [0.5, 0.6) is 5.88 Å². The summed E-state index contributed by atoms with van der Waals surface area (Å²) in [6.07, 6.45) is 3.26. The first-order chi connectivity index (χ1) is 8.63. The fraction of sp³-hybridized carbons (Fsp3) is 0.417. The Bertz CT molecular complexity index is 535. The Kier molecular flexibility index (Phi) is 3.45. The molecule has 6 nitrogen and oxygen atoms in total. The van der Waals surface area contributed by atoms with Crippen LogP contribution in [0.4, 0.5) is 5.69 Å². The first kappa shape index (κ1) is 12.3. The summed E-state index contributed by atoms with van der Waals surface area (Å²) in [4.78, 5) is 8.15. The topological polar surface area (TPSA) is 78.9 Å². The molecule has 0 aliphatic rings. The third kappa shape index (κ3) is 2.27. The van der Waals surface area contributed by atoms with E-state index in [4.69, 9.17) is 10.5 Å². The number of hydrogen-bond acceptors (Lipinski definition) is 5. The first-order valence-corrected chi connectivity index (χ1v) is 5.92. The molecule has 2 heterocycles. The van der Waals surface area contributed by atoms with Crippen molar-refractivity contribution in [3.63, 3.8) is 0 Å². The summed E-state index contributed by atoms with van der Waals surface area (Å²) in [5.74, 6) is 1.30. The number of anilines is 1. The highest BCUT2D eigenvalue weighted by Crippen LogP contribution is 2.23. The molecule has 96 valence electrons. The maximum atomic E-state index is 5.98. The fourth-order valence-electron chi connectivity index (χ4n) is 1.57. The zero-order valence-electron chi connectivity index (χ0n) is 10.8. The monoisotopic (exact) mass is 247 g/mol. The molecule has 2 rings (SSSR count). The molecule has 2 aromatic rings. The SMILES string of the molecule is CCOc1ncnc(-n2ccc(C(C)C)n2)c1N. The van der Waals surface area contributed by atoms with Crippen LogP contribution in [-0.2, 0) is 0 Å². The molecule has 0 fully saturated rings. The van der Waals surface area contributed by atoms with Crippen molar-refractivity contribution < 1.29 is 4.74 Å². The Morgan fingerprint density at radius 3 is 2.78 bits per heavy atom. The number of nitrogens with two attached hydrogens (primary N) is 1. The molecule has 0 atom stereocenters. The molecule has 0 saturated heterocycles. The Morgan fingerprint density at radius 1 is 1.39 bits per heavy atom. The lowest BCUT2D eigenvalue weighted by Gasteiger charge is -2.08. The Labute approximate surface area is 106 Å². The van der Waals surface area contributed by atoms with Crippen molar-refractivity contribution in [3.8, 4) is 11.7 Å². The van der Waals surface area contributed by atoms with Crippen LogP contribution in [0.3, 0.4) is 0 Å². The zero-order valence-corrected chi connectivity index (χ0v) is 10.8. The third-order valence-corrected chi connectivity index (χ3v) is 2.53. The minimum Gasteiger partial charge on any atom is -0.476 e. The molecule has 6 heteroatoms. The minimum absolute atomic E-state index is 0.362. The second-order valence-corrected chi connectivity index (χ2v) is 4.19. The van der Waals surface area contributed by atoms with E-state index >= 15 is 0 Å². The average Bonchev–Trinajstić information content (AvgIpc) is 2.81. The van der Waals surface area contributed by atoms with Crippen molar-refractivity contribution >= 4 is 5.69 Å². The number of nitrogens with zero attached hydrogens (tertiary/aromatic N) is 4. The average molecular weight is 247 g/mol. The second-order valence-electron chi connectivity index (χ2n) is 4.19. The minimum atomic E-state index is 0.362. The summed E-state index contributed by atoms with van der Waals surface area (Å²) in [6, 6.07) is 1.95. The van der Waals surface area contributed by atoms with Crippen LogP contribution in [0.15, 0.2) is 18.6 Å². The van der Waals surface area contributed by atoms with Gasteiger partial charge in [-0.3, -0.25) is 0 Å². The van der Waals surface area contributed by atoms with Gasteiger partial charge in [0.25, 0.3) is 0 Å². The van der Waals surface area contributed by atoms with Gasteiger partial charge in [-0.05, 0) is 18.9 Å². The fourth-order valence-corrected chi connectivity index (χ4v) is 1.57. The van der Waals surface area contributed by atoms with Gasteiger partial charge >= 0.3 is 0 Å². The van der Waals surface area contributed by atoms with E-state index in [9.17, 15) is 0 Å². The molecule has 0 bridgehead atoms. The van der Waals surface area contributed by atoms with Gasteiger partial charge < -0.3 is 10.5 Å². The van der Waals surface area contributed by atoms with Crippen LogP contribution < -0.4 is 10.5 Å². The molecular formula is C12H17N5O. The highest BCUT2D eigenvalue weighted by atomic mass is 16.5. The largest absolute Gasteiger partial charge is 0.476 e. The molecule has 0 aromatic carbocycles. The van der Waals surface area contributed by atoms with Crippen molar-refractivity contribution in [2.24, 2.45) is 0 Å². The first-order valence-electron chi connectivity index (χ1n) is 5.92. The predicted molar refractivity (Wildman–Crippen MR) is 68.8 cm³/mol. The van der Waals surface area contributed by atoms with Gasteiger partial charge in [-0.25, -0.2) is 9.67 Å². The van der Waals surface area contributed by atoms with Crippen molar-refractivity contribution in [2.45, 2.75) is 26.7 Å². The number of nitrogen functional groups attached to an aromatic ring is 1. The standard InChI is InChI=1S/C12H17N5O/c1-4-18-12-10(13)11(14-7-15-12)17-6-5-9(16-17)8(2)3/h5-8H,4,13H2,1-3H3. The van der Waals surface area contributed by atoms with Crippen LogP contribution in [0, 0.1) is 0 Å². The highest BCUT2D eigenvalue weighted by Gasteiger charge is 2.12. The molecule has 0 saturated carbocycles. The number of rotatable bonds is 4. The molecule has 0 unspecified atom stereocenters. The summed E-state index contributed by atoms with van der Waals surface area (Å²) >= 11 is 0. The van der Waals surface area contributed by atoms with Crippen molar-refractivity contribution in [3.05, 3.63) is 24.3 Å². The summed E-state index contributed by atoms with van der Waals surface area (Å²) in [7, 11) is 0. The van der Waals surface area contributed by atoms with E-state index in [1.54, 1.807) is 4.68 Å². The number of ether oxygens (including phenoxy) is 1. The molecule has 0 amide bonds. The van der Waals surface area contributed by atoms with Crippen LogP contribution in [-0.4, -0.2) is 26.4 Å². The van der Waals surface area contributed by atoms with Gasteiger partial charge in [0.1, 0.15) is 12.0 Å². The van der Waals surface area contributed by atoms with Crippen LogP contribution in [0.1, 0.15) is 32.4 Å². The smallest absolute Gasteiger partial charge is 0.242 e. The molecule has 2 aromatic heterocycles. The Hall–Kier alpha value is -2.11. The molecule has 0 spiro atoms. The lowest BCUT2D eigenvalue weighted by atomic mass is 10.1. The maximum absolute atomic E-state index is 5.98. The molecule has 0 aliphatic heterocycles. The lowest BCUT2D eigenvalue weighted by Crippen LogP contribution is -2.08. The summed E-state index contributed by atoms with van der Waals surface area (Å²) < 4.78 is 6.98. The third-order valence-electron chi connectivity index (χ3n) is 2.53. The second kappa shape index (κ2) is 5.03. The van der Waals surface area contributed by atoms with Crippen molar-refractivity contribution in [1.82, 2.24) is 19.7 Å². The van der Waals surface area contributed by atoms with Crippen LogP contribution in [0.2, 0.25) is 0 Å². The van der Waals surface area contributed by atoms with Gasteiger partial charge in [0.15, 0.2) is 5.82 Å². The summed E-state index contributed by atoms with van der Waals surface area (Å²) in [6.45, 7) is 6.56.